The van der Waals surface area contributed by atoms with Crippen LogP contribution in [0.3, 0.4) is 0 Å². The number of methoxy groups -OCH3 is 1. The Morgan fingerprint density at radius 2 is 1.94 bits per heavy atom. The van der Waals surface area contributed by atoms with E-state index in [2.05, 4.69) is 5.10 Å². The van der Waals surface area contributed by atoms with Crippen molar-refractivity contribution < 1.29 is 32.2 Å². The van der Waals surface area contributed by atoms with E-state index < -0.39 is 29.3 Å². The average Bonchev–Trinajstić information content (AvgIpc) is 2.95. The summed E-state index contributed by atoms with van der Waals surface area (Å²) in [7, 11) is 1.39. The van der Waals surface area contributed by atoms with Gasteiger partial charge in [-0.05, 0) is 37.5 Å². The van der Waals surface area contributed by atoms with E-state index in [9.17, 15) is 22.8 Å². The van der Waals surface area contributed by atoms with E-state index in [0.29, 0.717) is 31.0 Å². The Hall–Kier alpha value is -3.24. The first-order chi connectivity index (χ1) is 15.2. The molecule has 0 aliphatic carbocycles. The summed E-state index contributed by atoms with van der Waals surface area (Å²) < 4.78 is 54.8. The number of amides is 2. The quantitative estimate of drug-likeness (QED) is 0.708. The van der Waals surface area contributed by atoms with Crippen LogP contribution in [0.5, 0.6) is 5.75 Å². The molecule has 1 aromatic rings. The second-order valence-corrected chi connectivity index (χ2v) is 7.62. The van der Waals surface area contributed by atoms with Crippen LogP contribution in [0, 0.1) is 0 Å². The number of halogens is 3. The van der Waals surface area contributed by atoms with Crippen LogP contribution >= 0.6 is 0 Å². The first-order valence-corrected chi connectivity index (χ1v) is 10.3. The number of carbonyl (C=O) groups is 2. The SMILES string of the molecule is CCOC(=O)C1=C2N3CCCCCC3=NN2C(=O)N[C@]1(c1ccc(OC)cc1)C(F)(F)F. The van der Waals surface area contributed by atoms with E-state index in [1.807, 2.05) is 5.32 Å². The maximum Gasteiger partial charge on any atom is 0.420 e. The van der Waals surface area contributed by atoms with Crippen LogP contribution in [0.25, 0.3) is 0 Å². The number of urea groups is 1. The Balaban J connectivity index is 2.02. The summed E-state index contributed by atoms with van der Waals surface area (Å²) in [6.07, 6.45) is -2.23. The highest BCUT2D eigenvalue weighted by Crippen LogP contribution is 2.50. The molecule has 0 bridgehead atoms. The molecule has 0 spiro atoms. The molecule has 0 saturated carbocycles. The zero-order chi connectivity index (χ0) is 23.1. The predicted octanol–water partition coefficient (Wildman–Crippen LogP) is 3.46. The minimum Gasteiger partial charge on any atom is -0.497 e. The van der Waals surface area contributed by atoms with Crippen LogP contribution < -0.4 is 10.1 Å². The van der Waals surface area contributed by atoms with Crippen LogP contribution in [-0.2, 0) is 15.1 Å². The van der Waals surface area contributed by atoms with Gasteiger partial charge in [0.1, 0.15) is 17.2 Å². The number of rotatable bonds is 4. The van der Waals surface area contributed by atoms with Gasteiger partial charge in [0.25, 0.3) is 0 Å². The van der Waals surface area contributed by atoms with E-state index in [-0.39, 0.29) is 18.0 Å². The maximum absolute atomic E-state index is 14.9. The molecule has 0 radical (unpaired) electrons. The van der Waals surface area contributed by atoms with E-state index in [4.69, 9.17) is 9.47 Å². The third kappa shape index (κ3) is 3.26. The van der Waals surface area contributed by atoms with Gasteiger partial charge in [0.05, 0.1) is 13.7 Å². The van der Waals surface area contributed by atoms with Crippen molar-refractivity contribution >= 4 is 17.8 Å². The number of hydrogen-bond acceptors (Lipinski definition) is 6. The van der Waals surface area contributed by atoms with Crippen molar-refractivity contribution in [3.63, 3.8) is 0 Å². The monoisotopic (exact) mass is 452 g/mol. The molecule has 3 heterocycles. The van der Waals surface area contributed by atoms with Gasteiger partial charge in [-0.15, -0.1) is 5.10 Å². The maximum atomic E-state index is 14.9. The zero-order valence-electron chi connectivity index (χ0n) is 17.7. The summed E-state index contributed by atoms with van der Waals surface area (Å²) in [5, 5.41) is 7.13. The second-order valence-electron chi connectivity index (χ2n) is 7.62. The normalized spacial score (nSPS) is 23.2. The van der Waals surface area contributed by atoms with E-state index in [1.165, 1.54) is 38.3 Å². The summed E-state index contributed by atoms with van der Waals surface area (Å²) in [5.74, 6) is -0.570. The fourth-order valence-electron chi connectivity index (χ4n) is 4.31. The summed E-state index contributed by atoms with van der Waals surface area (Å²) in [4.78, 5) is 27.6. The molecule has 32 heavy (non-hydrogen) atoms. The minimum atomic E-state index is -5.06. The molecule has 0 aromatic heterocycles. The highest BCUT2D eigenvalue weighted by molar-refractivity contribution is 6.00. The molecular weight excluding hydrogens is 429 g/mol. The van der Waals surface area contributed by atoms with Crippen molar-refractivity contribution in [1.82, 2.24) is 15.2 Å². The Labute approximate surface area is 182 Å². The third-order valence-corrected chi connectivity index (χ3v) is 5.78. The highest BCUT2D eigenvalue weighted by atomic mass is 19.4. The van der Waals surface area contributed by atoms with Gasteiger partial charge in [-0.3, -0.25) is 0 Å². The molecule has 3 aliphatic heterocycles. The van der Waals surface area contributed by atoms with Crippen LogP contribution in [0.15, 0.2) is 40.8 Å². The smallest absolute Gasteiger partial charge is 0.420 e. The lowest BCUT2D eigenvalue weighted by molar-refractivity contribution is -0.192. The average molecular weight is 452 g/mol. The van der Waals surface area contributed by atoms with Crippen LogP contribution in [0.4, 0.5) is 18.0 Å². The van der Waals surface area contributed by atoms with Gasteiger partial charge in [-0.1, -0.05) is 18.6 Å². The molecule has 8 nitrogen and oxygen atoms in total. The zero-order valence-corrected chi connectivity index (χ0v) is 17.7. The summed E-state index contributed by atoms with van der Waals surface area (Å²) >= 11 is 0. The molecule has 3 aliphatic rings. The molecule has 1 N–H and O–H groups in total. The molecule has 0 unspecified atom stereocenters. The Bertz CT molecular complexity index is 990. The van der Waals surface area contributed by atoms with Crippen LogP contribution in [0.1, 0.15) is 38.2 Å². The molecule has 2 amide bonds. The molecule has 4 rings (SSSR count). The number of amidine groups is 1. The first-order valence-electron chi connectivity index (χ1n) is 10.3. The number of esters is 1. The fraction of sp³-hybridized carbons (Fsp3) is 0.476. The number of fused-ring (bicyclic) bond motifs is 3. The number of nitrogens with zero attached hydrogens (tertiary/aromatic N) is 3. The lowest BCUT2D eigenvalue weighted by atomic mass is 9.79. The van der Waals surface area contributed by atoms with Crippen molar-refractivity contribution in [1.29, 1.82) is 0 Å². The molecule has 1 fully saturated rings. The molecule has 1 saturated heterocycles. The van der Waals surface area contributed by atoms with Crippen LogP contribution in [0.2, 0.25) is 0 Å². The standard InChI is InChI=1S/C21H23F3N4O4/c1-3-32-18(29)16-17-27-12-6-4-5-7-15(27)26-28(17)19(30)25-20(16,21(22,23)24)13-8-10-14(31-2)11-9-13/h8-11H,3-7,12H2,1-2H3,(H,25,30)/t20-/m0/s1. The van der Waals surface area contributed by atoms with Gasteiger partial charge in [0.15, 0.2) is 11.4 Å². The minimum absolute atomic E-state index is 0.131. The molecule has 1 aromatic carbocycles. The van der Waals surface area contributed by atoms with Gasteiger partial charge in [-0.25, -0.2) is 9.59 Å². The van der Waals surface area contributed by atoms with Crippen molar-refractivity contribution in [2.24, 2.45) is 5.10 Å². The predicted molar refractivity (Wildman–Crippen MR) is 107 cm³/mol. The second kappa shape index (κ2) is 8.03. The van der Waals surface area contributed by atoms with Gasteiger partial charge in [0.2, 0.25) is 0 Å². The summed E-state index contributed by atoms with van der Waals surface area (Å²) in [5.41, 5.74) is -4.17. The van der Waals surface area contributed by atoms with Gasteiger partial charge in [-0.2, -0.15) is 18.2 Å². The number of alkyl halides is 3. The van der Waals surface area contributed by atoms with Crippen molar-refractivity contribution in [3.05, 3.63) is 41.2 Å². The lowest BCUT2D eigenvalue weighted by Crippen LogP contribution is -2.65. The van der Waals surface area contributed by atoms with Crippen molar-refractivity contribution in [3.8, 4) is 5.75 Å². The van der Waals surface area contributed by atoms with Gasteiger partial charge >= 0.3 is 18.2 Å². The van der Waals surface area contributed by atoms with Gasteiger partial charge < -0.3 is 19.7 Å². The summed E-state index contributed by atoms with van der Waals surface area (Å²) in [6.45, 7) is 1.72. The molecular formula is C21H23F3N4O4. The topological polar surface area (TPSA) is 83.5 Å². The Morgan fingerprint density at radius 3 is 2.56 bits per heavy atom. The number of benzene rings is 1. The number of ether oxygens (including phenoxy) is 2. The van der Waals surface area contributed by atoms with E-state index >= 15 is 0 Å². The largest absolute Gasteiger partial charge is 0.497 e. The molecule has 172 valence electrons. The summed E-state index contributed by atoms with van der Waals surface area (Å²) in [6, 6.07) is 3.98. The van der Waals surface area contributed by atoms with Gasteiger partial charge in [0, 0.05) is 13.0 Å². The van der Waals surface area contributed by atoms with E-state index in [1.54, 1.807) is 4.90 Å². The van der Waals surface area contributed by atoms with Crippen molar-refractivity contribution in [2.45, 2.75) is 44.3 Å². The molecule has 11 heteroatoms. The fourth-order valence-corrected chi connectivity index (χ4v) is 4.31. The number of carbonyl (C=O) groups excluding carboxylic acids is 2. The number of hydrogen-bond donors (Lipinski definition) is 1. The molecule has 1 atom stereocenters. The van der Waals surface area contributed by atoms with Crippen molar-refractivity contribution in [2.75, 3.05) is 20.3 Å². The Morgan fingerprint density at radius 1 is 1.22 bits per heavy atom. The van der Waals surface area contributed by atoms with E-state index in [0.717, 1.165) is 17.9 Å². The van der Waals surface area contributed by atoms with Crippen LogP contribution in [-0.4, -0.2) is 54.2 Å². The first kappa shape index (κ1) is 22.0. The number of nitrogens with one attached hydrogen (secondary N) is 1. The highest BCUT2D eigenvalue weighted by Gasteiger charge is 2.67. The lowest BCUT2D eigenvalue weighted by Gasteiger charge is -2.43. The Kier molecular flexibility index (Phi) is 5.51. The third-order valence-electron chi connectivity index (χ3n) is 5.78. The number of hydrazone groups is 1.